The molecule has 0 saturated carbocycles. The first-order chi connectivity index (χ1) is 12.3. The van der Waals surface area contributed by atoms with Crippen LogP contribution in [-0.2, 0) is 10.3 Å². The number of anilines is 1. The van der Waals surface area contributed by atoms with Gasteiger partial charge in [-0.1, -0.05) is 0 Å². The topological polar surface area (TPSA) is 89.6 Å². The van der Waals surface area contributed by atoms with Crippen LogP contribution in [0, 0.1) is 17.5 Å². The third kappa shape index (κ3) is 3.46. The number of hydrogen-bond donors (Lipinski definition) is 2. The molecular weight excluding hydrogens is 349 g/mol. The summed E-state index contributed by atoms with van der Waals surface area (Å²) in [6, 6.07) is 4.36. The van der Waals surface area contributed by atoms with Crippen LogP contribution >= 0.6 is 0 Å². The Morgan fingerprint density at radius 2 is 2.04 bits per heavy atom. The summed E-state index contributed by atoms with van der Waals surface area (Å²) in [5.41, 5.74) is 4.45. The summed E-state index contributed by atoms with van der Waals surface area (Å²) in [6.45, 7) is 1.96. The van der Waals surface area contributed by atoms with Crippen molar-refractivity contribution >= 4 is 17.6 Å². The van der Waals surface area contributed by atoms with Crippen molar-refractivity contribution in [2.24, 2.45) is 10.7 Å². The van der Waals surface area contributed by atoms with Crippen LogP contribution in [0.25, 0.3) is 0 Å². The van der Waals surface area contributed by atoms with Gasteiger partial charge in [-0.2, -0.15) is 0 Å². The summed E-state index contributed by atoms with van der Waals surface area (Å²) < 4.78 is 46.0. The fourth-order valence-corrected chi connectivity index (χ4v) is 2.67. The Morgan fingerprint density at radius 3 is 2.73 bits per heavy atom. The van der Waals surface area contributed by atoms with Crippen LogP contribution in [0.15, 0.2) is 35.5 Å². The quantitative estimate of drug-likeness (QED) is 0.876. The molecule has 1 amide bonds. The van der Waals surface area contributed by atoms with Crippen LogP contribution in [-0.4, -0.2) is 23.5 Å². The van der Waals surface area contributed by atoms with Crippen LogP contribution in [0.1, 0.15) is 29.4 Å². The number of hydrogen-bond acceptors (Lipinski definition) is 5. The van der Waals surface area contributed by atoms with Crippen molar-refractivity contribution < 1.29 is 22.7 Å². The van der Waals surface area contributed by atoms with Gasteiger partial charge in [-0.05, 0) is 25.1 Å². The van der Waals surface area contributed by atoms with Crippen molar-refractivity contribution in [3.8, 4) is 0 Å². The van der Waals surface area contributed by atoms with Crippen LogP contribution in [0.2, 0.25) is 0 Å². The Morgan fingerprint density at radius 1 is 1.27 bits per heavy atom. The number of amides is 1. The largest absolute Gasteiger partial charge is 0.465 e. The summed E-state index contributed by atoms with van der Waals surface area (Å²) >= 11 is 0. The number of benzene rings is 1. The molecule has 0 unspecified atom stereocenters. The van der Waals surface area contributed by atoms with Gasteiger partial charge in [-0.15, -0.1) is 0 Å². The molecule has 0 aliphatic carbocycles. The van der Waals surface area contributed by atoms with E-state index >= 15 is 0 Å². The second kappa shape index (κ2) is 6.66. The second-order valence-corrected chi connectivity index (χ2v) is 5.96. The van der Waals surface area contributed by atoms with Crippen LogP contribution in [0.4, 0.5) is 18.9 Å². The van der Waals surface area contributed by atoms with Crippen molar-refractivity contribution in [1.82, 2.24) is 4.98 Å². The lowest BCUT2D eigenvalue weighted by Crippen LogP contribution is -2.34. The van der Waals surface area contributed by atoms with Crippen LogP contribution < -0.4 is 11.1 Å². The van der Waals surface area contributed by atoms with Crippen molar-refractivity contribution in [2.45, 2.75) is 18.9 Å². The Balaban J connectivity index is 1.90. The maximum atomic E-state index is 14.3. The number of aromatic nitrogens is 1. The van der Waals surface area contributed by atoms with Gasteiger partial charge in [0.25, 0.3) is 11.9 Å². The minimum Gasteiger partial charge on any atom is -0.465 e. The minimum atomic E-state index is -1.10. The second-order valence-electron chi connectivity index (χ2n) is 5.96. The van der Waals surface area contributed by atoms with Gasteiger partial charge in [-0.25, -0.2) is 23.1 Å². The maximum Gasteiger partial charge on any atom is 0.282 e. The van der Waals surface area contributed by atoms with Crippen LogP contribution in [0.3, 0.4) is 0 Å². The number of carbonyl (C=O) groups excluding carboxylic acids is 1. The van der Waals surface area contributed by atoms with E-state index in [4.69, 9.17) is 10.5 Å². The first-order valence-electron chi connectivity index (χ1n) is 7.69. The standard InChI is InChI=1S/C17H15F3N4O2/c1-17(4-5-26-16(21)24-17)11-7-10(2-3-12(11)19)23-15(25)14-13(20)6-9(18)8-22-14/h2-3,6-8H,4-5H2,1H3,(H2,21,24)(H,23,25)/t17-/m0/s1. The number of halogens is 3. The monoisotopic (exact) mass is 364 g/mol. The molecule has 1 atom stereocenters. The van der Waals surface area contributed by atoms with E-state index in [0.29, 0.717) is 12.5 Å². The molecule has 3 rings (SSSR count). The molecule has 2 aromatic rings. The number of carbonyl (C=O) groups is 1. The molecule has 26 heavy (non-hydrogen) atoms. The molecule has 0 saturated heterocycles. The number of amidine groups is 1. The average Bonchev–Trinajstić information content (AvgIpc) is 2.56. The van der Waals surface area contributed by atoms with E-state index in [0.717, 1.165) is 12.3 Å². The average molecular weight is 364 g/mol. The molecule has 0 radical (unpaired) electrons. The van der Waals surface area contributed by atoms with Gasteiger partial charge < -0.3 is 15.8 Å². The number of nitrogens with one attached hydrogen (secondary N) is 1. The predicted octanol–water partition coefficient (Wildman–Crippen LogP) is 2.70. The zero-order chi connectivity index (χ0) is 18.9. The highest BCUT2D eigenvalue weighted by molar-refractivity contribution is 6.03. The van der Waals surface area contributed by atoms with Crippen molar-refractivity contribution in [3.63, 3.8) is 0 Å². The number of aliphatic imine (C=N–C) groups is 1. The van der Waals surface area contributed by atoms with Gasteiger partial charge in [0.2, 0.25) is 0 Å². The summed E-state index contributed by atoms with van der Waals surface area (Å²) in [7, 11) is 0. The lowest BCUT2D eigenvalue weighted by molar-refractivity contribution is 0.101. The molecule has 6 nitrogen and oxygen atoms in total. The van der Waals surface area contributed by atoms with E-state index in [2.05, 4.69) is 15.3 Å². The zero-order valence-electron chi connectivity index (χ0n) is 13.7. The van der Waals surface area contributed by atoms with E-state index < -0.39 is 34.6 Å². The Hall–Kier alpha value is -3.10. The lowest BCUT2D eigenvalue weighted by Gasteiger charge is -2.30. The van der Waals surface area contributed by atoms with E-state index in [9.17, 15) is 18.0 Å². The molecule has 0 bridgehead atoms. The molecule has 1 aromatic carbocycles. The SMILES string of the molecule is C[C@@]1(c2cc(NC(=O)c3ncc(F)cc3F)ccc2F)CCOC(N)=N1. The van der Waals surface area contributed by atoms with Crippen molar-refractivity contribution in [3.05, 3.63) is 59.2 Å². The molecule has 3 N–H and O–H groups in total. The smallest absolute Gasteiger partial charge is 0.282 e. The molecule has 0 spiro atoms. The first-order valence-corrected chi connectivity index (χ1v) is 7.69. The highest BCUT2D eigenvalue weighted by Crippen LogP contribution is 2.35. The molecule has 1 aromatic heterocycles. The fourth-order valence-electron chi connectivity index (χ4n) is 2.67. The normalized spacial score (nSPS) is 19.5. The molecule has 1 aliphatic rings. The fraction of sp³-hybridized carbons (Fsp3) is 0.235. The molecule has 136 valence electrons. The van der Waals surface area contributed by atoms with E-state index in [1.165, 1.54) is 12.1 Å². The van der Waals surface area contributed by atoms with Gasteiger partial charge >= 0.3 is 0 Å². The number of ether oxygens (including phenoxy) is 1. The van der Waals surface area contributed by atoms with Gasteiger partial charge in [-0.3, -0.25) is 4.79 Å². The maximum absolute atomic E-state index is 14.3. The number of rotatable bonds is 3. The Labute approximate surface area is 146 Å². The lowest BCUT2D eigenvalue weighted by atomic mass is 9.88. The molecular formula is C17H15F3N4O2. The zero-order valence-corrected chi connectivity index (χ0v) is 13.7. The third-order valence-electron chi connectivity index (χ3n) is 4.02. The van der Waals surface area contributed by atoms with Gasteiger partial charge in [0.05, 0.1) is 18.3 Å². The van der Waals surface area contributed by atoms with Gasteiger partial charge in [0, 0.05) is 23.7 Å². The highest BCUT2D eigenvalue weighted by atomic mass is 19.1. The Kier molecular flexibility index (Phi) is 4.54. The molecule has 1 aliphatic heterocycles. The molecule has 0 fully saturated rings. The van der Waals surface area contributed by atoms with Crippen molar-refractivity contribution in [1.29, 1.82) is 0 Å². The third-order valence-corrected chi connectivity index (χ3v) is 4.02. The van der Waals surface area contributed by atoms with Crippen LogP contribution in [0.5, 0.6) is 0 Å². The number of nitrogens with two attached hydrogens (primary N) is 1. The highest BCUT2D eigenvalue weighted by Gasteiger charge is 2.33. The molecule has 9 heteroatoms. The van der Waals surface area contributed by atoms with E-state index in [-0.39, 0.29) is 23.9 Å². The summed E-state index contributed by atoms with van der Waals surface area (Å²) in [5, 5.41) is 2.41. The summed E-state index contributed by atoms with van der Waals surface area (Å²) in [4.78, 5) is 19.7. The molecule has 2 heterocycles. The van der Waals surface area contributed by atoms with E-state index in [1.807, 2.05) is 0 Å². The van der Waals surface area contributed by atoms with Crippen molar-refractivity contribution in [2.75, 3.05) is 11.9 Å². The van der Waals surface area contributed by atoms with Gasteiger partial charge in [0.15, 0.2) is 11.5 Å². The Bertz CT molecular complexity index is 904. The summed E-state index contributed by atoms with van der Waals surface area (Å²) in [5.74, 6) is -3.42. The first kappa shape index (κ1) is 17.7. The predicted molar refractivity (Wildman–Crippen MR) is 88.0 cm³/mol. The number of pyridine rings is 1. The van der Waals surface area contributed by atoms with Gasteiger partial charge in [0.1, 0.15) is 11.6 Å². The summed E-state index contributed by atoms with van der Waals surface area (Å²) in [6.07, 6.45) is 1.12. The van der Waals surface area contributed by atoms with E-state index in [1.54, 1.807) is 6.92 Å². The number of nitrogens with zero attached hydrogens (tertiary/aromatic N) is 2. The minimum absolute atomic E-state index is 0.0508.